The third kappa shape index (κ3) is 4.85. The van der Waals surface area contributed by atoms with Crippen molar-refractivity contribution in [2.24, 2.45) is 0 Å². The van der Waals surface area contributed by atoms with Crippen molar-refractivity contribution < 1.29 is 22.3 Å². The number of halogens is 1. The van der Waals surface area contributed by atoms with Gasteiger partial charge in [-0.3, -0.25) is 9.78 Å². The Labute approximate surface area is 167 Å². The predicted octanol–water partition coefficient (Wildman–Crippen LogP) is 3.71. The van der Waals surface area contributed by atoms with E-state index >= 15 is 0 Å². The molecule has 1 N–H and O–H groups in total. The molecule has 1 heterocycles. The number of aromatic nitrogens is 1. The smallest absolute Gasteiger partial charge is 0.248 e. The van der Waals surface area contributed by atoms with E-state index in [0.717, 1.165) is 11.6 Å². The highest BCUT2D eigenvalue weighted by molar-refractivity contribution is 7.91. The van der Waals surface area contributed by atoms with E-state index in [-0.39, 0.29) is 21.4 Å². The number of hydrogen-bond donors (Lipinski definition) is 1. The minimum Gasteiger partial charge on any atom is -0.494 e. The third-order valence-corrected chi connectivity index (χ3v) is 5.74. The van der Waals surface area contributed by atoms with E-state index < -0.39 is 15.7 Å². The Bertz CT molecular complexity index is 1150. The van der Waals surface area contributed by atoms with Gasteiger partial charge in [0.05, 0.1) is 16.9 Å². The topological polar surface area (TPSA) is 85.4 Å². The van der Waals surface area contributed by atoms with E-state index in [9.17, 15) is 17.6 Å². The summed E-state index contributed by atoms with van der Waals surface area (Å²) in [5, 5.41) is 2.64. The molecule has 0 aliphatic carbocycles. The number of nitrogens with zero attached hydrogens (tertiary/aromatic N) is 1. The quantitative estimate of drug-likeness (QED) is 0.624. The van der Waals surface area contributed by atoms with Crippen molar-refractivity contribution in [2.45, 2.75) is 9.79 Å². The summed E-state index contributed by atoms with van der Waals surface area (Å²) in [6.45, 7) is 0. The number of methoxy groups -OCH3 is 1. The molecular formula is C21H17FN2O4S. The van der Waals surface area contributed by atoms with Gasteiger partial charge in [-0.25, -0.2) is 12.8 Å². The summed E-state index contributed by atoms with van der Waals surface area (Å²) in [6, 6.07) is 12.6. The average molecular weight is 412 g/mol. The van der Waals surface area contributed by atoms with Crippen molar-refractivity contribution in [1.29, 1.82) is 0 Å². The second-order valence-corrected chi connectivity index (χ2v) is 7.88. The van der Waals surface area contributed by atoms with Crippen LogP contribution in [0, 0.1) is 5.82 Å². The fourth-order valence-corrected chi connectivity index (χ4v) is 3.77. The maximum atomic E-state index is 13.9. The average Bonchev–Trinajstić information content (AvgIpc) is 2.73. The lowest BCUT2D eigenvalue weighted by atomic mass is 10.2. The van der Waals surface area contributed by atoms with Gasteiger partial charge in [-0.1, -0.05) is 6.07 Å². The van der Waals surface area contributed by atoms with Gasteiger partial charge in [0, 0.05) is 24.2 Å². The number of rotatable bonds is 6. The molecule has 0 fully saturated rings. The SMILES string of the molecule is COc1ccc(S(=O)(=O)c2ccc(NC(=O)C=Cc3cccnc3)cc2)cc1F. The lowest BCUT2D eigenvalue weighted by molar-refractivity contribution is -0.111. The van der Waals surface area contributed by atoms with Gasteiger partial charge in [-0.05, 0) is 60.2 Å². The fraction of sp³-hybridized carbons (Fsp3) is 0.0476. The van der Waals surface area contributed by atoms with Crippen LogP contribution in [0.5, 0.6) is 5.75 Å². The Balaban J connectivity index is 1.73. The molecule has 0 spiro atoms. The van der Waals surface area contributed by atoms with Crippen LogP contribution in [0.4, 0.5) is 10.1 Å². The fourth-order valence-electron chi connectivity index (χ4n) is 2.50. The molecule has 0 saturated carbocycles. The summed E-state index contributed by atoms with van der Waals surface area (Å²) >= 11 is 0. The molecule has 0 atom stereocenters. The van der Waals surface area contributed by atoms with E-state index in [1.165, 1.54) is 49.6 Å². The van der Waals surface area contributed by atoms with Crippen LogP contribution in [-0.2, 0) is 14.6 Å². The number of hydrogen-bond acceptors (Lipinski definition) is 5. The van der Waals surface area contributed by atoms with Gasteiger partial charge < -0.3 is 10.1 Å². The summed E-state index contributed by atoms with van der Waals surface area (Å²) < 4.78 is 44.0. The Morgan fingerprint density at radius 2 is 1.83 bits per heavy atom. The normalized spacial score (nSPS) is 11.4. The lowest BCUT2D eigenvalue weighted by Crippen LogP contribution is -2.08. The van der Waals surface area contributed by atoms with E-state index in [4.69, 9.17) is 4.74 Å². The minimum absolute atomic E-state index is 0.0223. The third-order valence-electron chi connectivity index (χ3n) is 3.98. The molecule has 0 saturated heterocycles. The van der Waals surface area contributed by atoms with Gasteiger partial charge in [-0.2, -0.15) is 0 Å². The van der Waals surface area contributed by atoms with Gasteiger partial charge in [0.25, 0.3) is 0 Å². The monoisotopic (exact) mass is 412 g/mol. The molecule has 0 bridgehead atoms. The minimum atomic E-state index is -3.91. The van der Waals surface area contributed by atoms with Gasteiger partial charge in [0.2, 0.25) is 15.7 Å². The summed E-state index contributed by atoms with van der Waals surface area (Å²) in [5.41, 5.74) is 1.20. The van der Waals surface area contributed by atoms with E-state index in [1.54, 1.807) is 30.6 Å². The van der Waals surface area contributed by atoms with Crippen LogP contribution in [0.1, 0.15) is 5.56 Å². The molecule has 0 radical (unpaired) electrons. The standard InChI is InChI=1S/C21H17FN2O4S/c1-28-20-10-9-18(13-19(20)22)29(26,27)17-7-5-16(6-8-17)24-21(25)11-4-15-3-2-12-23-14-15/h2-14H,1H3,(H,24,25). The summed E-state index contributed by atoms with van der Waals surface area (Å²) in [5.74, 6) is -1.18. The van der Waals surface area contributed by atoms with Crippen LogP contribution in [0.15, 0.2) is 82.9 Å². The Kier molecular flexibility index (Phi) is 6.04. The molecule has 0 unspecified atom stereocenters. The summed E-state index contributed by atoms with van der Waals surface area (Å²) in [6.07, 6.45) is 6.21. The van der Waals surface area contributed by atoms with Crippen LogP contribution in [0.3, 0.4) is 0 Å². The number of benzene rings is 2. The largest absolute Gasteiger partial charge is 0.494 e. The van der Waals surface area contributed by atoms with E-state index in [0.29, 0.717) is 5.69 Å². The zero-order valence-corrected chi connectivity index (χ0v) is 16.2. The first kappa shape index (κ1) is 20.2. The van der Waals surface area contributed by atoms with Crippen molar-refractivity contribution in [2.75, 3.05) is 12.4 Å². The highest BCUT2D eigenvalue weighted by Gasteiger charge is 2.19. The summed E-state index contributed by atoms with van der Waals surface area (Å²) in [4.78, 5) is 15.7. The molecule has 3 aromatic rings. The molecule has 1 amide bonds. The van der Waals surface area contributed by atoms with Crippen LogP contribution in [-0.4, -0.2) is 26.4 Å². The number of anilines is 1. The maximum absolute atomic E-state index is 13.9. The second kappa shape index (κ2) is 8.66. The number of amides is 1. The molecule has 0 aliphatic heterocycles. The van der Waals surface area contributed by atoms with E-state index in [2.05, 4.69) is 10.3 Å². The molecule has 148 valence electrons. The second-order valence-electron chi connectivity index (χ2n) is 5.93. The Morgan fingerprint density at radius 1 is 1.10 bits per heavy atom. The first-order valence-electron chi connectivity index (χ1n) is 8.48. The van der Waals surface area contributed by atoms with Crippen LogP contribution in [0.25, 0.3) is 6.08 Å². The zero-order chi connectivity index (χ0) is 20.9. The van der Waals surface area contributed by atoms with Gasteiger partial charge in [-0.15, -0.1) is 0 Å². The number of carbonyl (C=O) groups is 1. The molecule has 0 aliphatic rings. The molecule has 1 aromatic heterocycles. The van der Waals surface area contributed by atoms with Crippen molar-refractivity contribution in [3.05, 3.63) is 84.4 Å². The van der Waals surface area contributed by atoms with Crippen LogP contribution < -0.4 is 10.1 Å². The molecule has 8 heteroatoms. The van der Waals surface area contributed by atoms with Gasteiger partial charge in [0.15, 0.2) is 11.6 Å². The predicted molar refractivity (Wildman–Crippen MR) is 107 cm³/mol. The summed E-state index contributed by atoms with van der Waals surface area (Å²) in [7, 11) is -2.61. The molecule has 2 aromatic carbocycles. The Hall–Kier alpha value is -3.52. The molecule has 6 nitrogen and oxygen atoms in total. The molecular weight excluding hydrogens is 395 g/mol. The van der Waals surface area contributed by atoms with Crippen molar-refractivity contribution in [3.8, 4) is 5.75 Å². The van der Waals surface area contributed by atoms with Crippen molar-refractivity contribution >= 4 is 27.5 Å². The molecule has 29 heavy (non-hydrogen) atoms. The number of ether oxygens (including phenoxy) is 1. The lowest BCUT2D eigenvalue weighted by Gasteiger charge is -2.08. The maximum Gasteiger partial charge on any atom is 0.248 e. The van der Waals surface area contributed by atoms with Gasteiger partial charge >= 0.3 is 0 Å². The van der Waals surface area contributed by atoms with Crippen LogP contribution >= 0.6 is 0 Å². The number of nitrogens with one attached hydrogen (secondary N) is 1. The highest BCUT2D eigenvalue weighted by atomic mass is 32.2. The Morgan fingerprint density at radius 3 is 2.45 bits per heavy atom. The van der Waals surface area contributed by atoms with Crippen LogP contribution in [0.2, 0.25) is 0 Å². The first-order valence-corrected chi connectivity index (χ1v) is 9.96. The highest BCUT2D eigenvalue weighted by Crippen LogP contribution is 2.26. The molecule has 3 rings (SSSR count). The van der Waals surface area contributed by atoms with Crippen molar-refractivity contribution in [3.63, 3.8) is 0 Å². The van der Waals surface area contributed by atoms with E-state index in [1.807, 2.05) is 0 Å². The number of pyridine rings is 1. The number of sulfone groups is 1. The number of carbonyl (C=O) groups excluding carboxylic acids is 1. The zero-order valence-electron chi connectivity index (χ0n) is 15.4. The van der Waals surface area contributed by atoms with Crippen molar-refractivity contribution in [1.82, 2.24) is 4.98 Å². The van der Waals surface area contributed by atoms with Gasteiger partial charge in [0.1, 0.15) is 0 Å². The first-order chi connectivity index (χ1) is 13.9.